The van der Waals surface area contributed by atoms with E-state index in [4.69, 9.17) is 0 Å². The molecule has 1 aromatic rings. The number of halogens is 2. The van der Waals surface area contributed by atoms with Crippen molar-refractivity contribution in [2.75, 3.05) is 13.1 Å². The molecule has 1 heterocycles. The van der Waals surface area contributed by atoms with E-state index >= 15 is 0 Å². The lowest BCUT2D eigenvalue weighted by atomic mass is 10.2. The molecule has 0 saturated carbocycles. The van der Waals surface area contributed by atoms with Gasteiger partial charge in [0, 0.05) is 18.7 Å². The summed E-state index contributed by atoms with van der Waals surface area (Å²) >= 11 is 0. The van der Waals surface area contributed by atoms with Crippen molar-refractivity contribution in [3.63, 3.8) is 0 Å². The van der Waals surface area contributed by atoms with Crippen molar-refractivity contribution in [2.24, 2.45) is 0 Å². The Morgan fingerprint density at radius 3 is 2.56 bits per heavy atom. The lowest BCUT2D eigenvalue weighted by Gasteiger charge is -2.15. The van der Waals surface area contributed by atoms with Crippen molar-refractivity contribution < 1.29 is 23.4 Å². The zero-order chi connectivity index (χ0) is 13.1. The predicted octanol–water partition coefficient (Wildman–Crippen LogP) is 1.49. The summed E-state index contributed by atoms with van der Waals surface area (Å²) in [6.45, 7) is -2.05. The van der Waals surface area contributed by atoms with Crippen LogP contribution in [0.3, 0.4) is 0 Å². The smallest absolute Gasteiger partial charge is 0.387 e. The average molecular weight is 257 g/mol. The van der Waals surface area contributed by atoms with E-state index < -0.39 is 12.7 Å². The van der Waals surface area contributed by atoms with Crippen LogP contribution in [0, 0.1) is 0 Å². The number of hydrogen-bond acceptors (Lipinski definition) is 3. The Bertz CT molecular complexity index is 422. The van der Waals surface area contributed by atoms with Crippen LogP contribution in [0.5, 0.6) is 5.75 Å². The highest BCUT2D eigenvalue weighted by Gasteiger charge is 2.25. The molecule has 1 N–H and O–H groups in total. The van der Waals surface area contributed by atoms with Crippen LogP contribution in [0.25, 0.3) is 0 Å². The molecule has 1 fully saturated rings. The molecule has 1 aromatic carbocycles. The number of amides is 1. The lowest BCUT2D eigenvalue weighted by Crippen LogP contribution is -2.29. The molecule has 4 nitrogen and oxygen atoms in total. The van der Waals surface area contributed by atoms with Gasteiger partial charge in [0.25, 0.3) is 5.91 Å². The Morgan fingerprint density at radius 2 is 2.06 bits per heavy atom. The van der Waals surface area contributed by atoms with Gasteiger partial charge in [-0.05, 0) is 30.7 Å². The Balaban J connectivity index is 2.03. The molecule has 6 heteroatoms. The molecule has 98 valence electrons. The van der Waals surface area contributed by atoms with E-state index in [9.17, 15) is 18.7 Å². The highest BCUT2D eigenvalue weighted by Crippen LogP contribution is 2.18. The molecule has 1 atom stereocenters. The number of aliphatic hydroxyl groups is 1. The molecule has 18 heavy (non-hydrogen) atoms. The molecule has 1 amide bonds. The van der Waals surface area contributed by atoms with E-state index in [1.54, 1.807) is 0 Å². The normalized spacial score (nSPS) is 19.3. The van der Waals surface area contributed by atoms with E-state index in [-0.39, 0.29) is 11.7 Å². The molecule has 0 radical (unpaired) electrons. The first kappa shape index (κ1) is 12.8. The fourth-order valence-corrected chi connectivity index (χ4v) is 1.89. The minimum absolute atomic E-state index is 0.0167. The van der Waals surface area contributed by atoms with Gasteiger partial charge in [-0.15, -0.1) is 0 Å². The lowest BCUT2D eigenvalue weighted by molar-refractivity contribution is -0.0498. The number of likely N-dealkylation sites (tertiary alicyclic amines) is 1. The second kappa shape index (κ2) is 5.30. The second-order valence-corrected chi connectivity index (χ2v) is 4.10. The zero-order valence-electron chi connectivity index (χ0n) is 9.55. The number of aliphatic hydroxyl groups excluding tert-OH is 1. The number of β-amino-alcohol motifs (C(OH)–C–C–N with tert-alkyl or cyclic N) is 1. The molecule has 1 aliphatic heterocycles. The molecule has 0 aliphatic carbocycles. The summed E-state index contributed by atoms with van der Waals surface area (Å²) in [4.78, 5) is 13.5. The average Bonchev–Trinajstić information content (AvgIpc) is 2.75. The van der Waals surface area contributed by atoms with Gasteiger partial charge in [-0.1, -0.05) is 0 Å². The van der Waals surface area contributed by atoms with E-state index in [2.05, 4.69) is 4.74 Å². The van der Waals surface area contributed by atoms with Crippen molar-refractivity contribution in [1.82, 2.24) is 4.90 Å². The molecule has 0 aromatic heterocycles. The standard InChI is InChI=1S/C12H13F2NO3/c13-12(14)18-10-3-1-8(2-4-10)11(17)15-6-5-9(16)7-15/h1-4,9,12,16H,5-7H2. The number of hydrogen-bond donors (Lipinski definition) is 1. The van der Waals surface area contributed by atoms with Crippen LogP contribution in [-0.2, 0) is 0 Å². The van der Waals surface area contributed by atoms with Crippen molar-refractivity contribution in [3.8, 4) is 5.75 Å². The summed E-state index contributed by atoms with van der Waals surface area (Å²) in [6, 6.07) is 5.52. The number of ether oxygens (including phenoxy) is 1. The fourth-order valence-electron chi connectivity index (χ4n) is 1.89. The first-order valence-electron chi connectivity index (χ1n) is 5.58. The summed E-state index contributed by atoms with van der Waals surface area (Å²) in [6.07, 6.45) is 0.0913. The van der Waals surface area contributed by atoms with Crippen molar-refractivity contribution in [1.29, 1.82) is 0 Å². The first-order chi connectivity index (χ1) is 8.56. The molecule has 0 bridgehead atoms. The highest BCUT2D eigenvalue weighted by molar-refractivity contribution is 5.94. The van der Waals surface area contributed by atoms with Crippen LogP contribution in [-0.4, -0.2) is 41.7 Å². The van der Waals surface area contributed by atoms with Gasteiger partial charge in [-0.2, -0.15) is 8.78 Å². The van der Waals surface area contributed by atoms with Gasteiger partial charge < -0.3 is 14.7 Å². The predicted molar refractivity (Wildman–Crippen MR) is 59.6 cm³/mol. The molecular formula is C12H13F2NO3. The number of alkyl halides is 2. The van der Waals surface area contributed by atoms with Crippen LogP contribution >= 0.6 is 0 Å². The summed E-state index contributed by atoms with van der Waals surface area (Å²) in [5.41, 5.74) is 0.394. The number of carbonyl (C=O) groups excluding carboxylic acids is 1. The van der Waals surface area contributed by atoms with E-state index in [0.717, 1.165) is 0 Å². The minimum atomic E-state index is -2.87. The minimum Gasteiger partial charge on any atom is -0.435 e. The highest BCUT2D eigenvalue weighted by atomic mass is 19.3. The summed E-state index contributed by atoms with van der Waals surface area (Å²) in [5.74, 6) is -0.196. The molecule has 0 spiro atoms. The summed E-state index contributed by atoms with van der Waals surface area (Å²) < 4.78 is 28.1. The Labute approximate surface area is 103 Å². The van der Waals surface area contributed by atoms with Crippen molar-refractivity contribution >= 4 is 5.91 Å². The van der Waals surface area contributed by atoms with E-state index in [1.807, 2.05) is 0 Å². The number of nitrogens with zero attached hydrogens (tertiary/aromatic N) is 1. The van der Waals surface area contributed by atoms with E-state index in [1.165, 1.54) is 29.2 Å². The maximum Gasteiger partial charge on any atom is 0.387 e. The van der Waals surface area contributed by atoms with Crippen LogP contribution < -0.4 is 4.74 Å². The van der Waals surface area contributed by atoms with Crippen molar-refractivity contribution in [2.45, 2.75) is 19.1 Å². The van der Waals surface area contributed by atoms with Crippen LogP contribution in [0.2, 0.25) is 0 Å². The maximum absolute atomic E-state index is 12.0. The monoisotopic (exact) mass is 257 g/mol. The third-order valence-electron chi connectivity index (χ3n) is 2.78. The molecule has 2 rings (SSSR count). The number of rotatable bonds is 3. The van der Waals surface area contributed by atoms with Crippen LogP contribution in [0.15, 0.2) is 24.3 Å². The Morgan fingerprint density at radius 1 is 1.39 bits per heavy atom. The molecule has 1 saturated heterocycles. The quantitative estimate of drug-likeness (QED) is 0.892. The van der Waals surface area contributed by atoms with Gasteiger partial charge in [0.05, 0.1) is 6.10 Å². The molecule has 1 unspecified atom stereocenters. The van der Waals surface area contributed by atoms with Gasteiger partial charge in [-0.25, -0.2) is 0 Å². The number of carbonyl (C=O) groups is 1. The van der Waals surface area contributed by atoms with Gasteiger partial charge in [0.2, 0.25) is 0 Å². The van der Waals surface area contributed by atoms with Crippen molar-refractivity contribution in [3.05, 3.63) is 29.8 Å². The topological polar surface area (TPSA) is 49.8 Å². The summed E-state index contributed by atoms with van der Waals surface area (Å²) in [7, 11) is 0. The van der Waals surface area contributed by atoms with Crippen LogP contribution in [0.1, 0.15) is 16.8 Å². The zero-order valence-corrected chi connectivity index (χ0v) is 9.55. The number of benzene rings is 1. The Hall–Kier alpha value is -1.69. The maximum atomic E-state index is 12.0. The molecule has 1 aliphatic rings. The van der Waals surface area contributed by atoms with Gasteiger partial charge in [-0.3, -0.25) is 4.79 Å². The van der Waals surface area contributed by atoms with E-state index in [0.29, 0.717) is 25.1 Å². The third-order valence-corrected chi connectivity index (χ3v) is 2.78. The van der Waals surface area contributed by atoms with Crippen LogP contribution in [0.4, 0.5) is 8.78 Å². The summed E-state index contributed by atoms with van der Waals surface area (Å²) in [5, 5.41) is 9.34. The third kappa shape index (κ3) is 2.95. The van der Waals surface area contributed by atoms with Gasteiger partial charge in [0.15, 0.2) is 0 Å². The first-order valence-corrected chi connectivity index (χ1v) is 5.58. The van der Waals surface area contributed by atoms with Gasteiger partial charge >= 0.3 is 6.61 Å². The molecular weight excluding hydrogens is 244 g/mol. The van der Waals surface area contributed by atoms with Gasteiger partial charge in [0.1, 0.15) is 5.75 Å². The largest absolute Gasteiger partial charge is 0.435 e. The SMILES string of the molecule is O=C(c1ccc(OC(F)F)cc1)N1CCC(O)C1. The fraction of sp³-hybridized carbons (Fsp3) is 0.417. The Kier molecular flexibility index (Phi) is 3.76. The second-order valence-electron chi connectivity index (χ2n) is 4.10.